The average Bonchev–Trinajstić information content (AvgIpc) is 3.46. The number of rotatable bonds is 14. The molecule has 9 atom stereocenters. The average molecular weight is 722 g/mol. The predicted molar refractivity (Wildman–Crippen MR) is 200 cm³/mol. The number of nitrogens with zero attached hydrogens (tertiary/aromatic N) is 2. The molecule has 1 heterocycles. The van der Waals surface area contributed by atoms with Crippen molar-refractivity contribution in [3.05, 3.63) is 47.5 Å². The largest absolute Gasteiger partial charge is 0.496 e. The second-order valence-corrected chi connectivity index (χ2v) is 16.5. The third-order valence-corrected chi connectivity index (χ3v) is 12.1. The van der Waals surface area contributed by atoms with Crippen molar-refractivity contribution in [3.8, 4) is 16.9 Å². The Kier molecular flexibility index (Phi) is 11.9. The third-order valence-electron chi connectivity index (χ3n) is 12.1. The number of amides is 3. The van der Waals surface area contributed by atoms with Gasteiger partial charge in [-0.25, -0.2) is 0 Å². The molecule has 6 N–H and O–H groups in total. The number of para-hydroxylation sites is 1. The van der Waals surface area contributed by atoms with E-state index in [1.165, 1.54) is 6.42 Å². The zero-order valence-electron chi connectivity index (χ0n) is 32.2. The maximum Gasteiger partial charge on any atom is 0.252 e. The minimum Gasteiger partial charge on any atom is -0.496 e. The van der Waals surface area contributed by atoms with E-state index >= 15 is 0 Å². The summed E-state index contributed by atoms with van der Waals surface area (Å²) in [7, 11) is 5.32. The summed E-state index contributed by atoms with van der Waals surface area (Å²) >= 11 is 0. The molecule has 0 aromatic heterocycles. The summed E-state index contributed by atoms with van der Waals surface area (Å²) in [5.74, 6) is 0.180. The fourth-order valence-corrected chi connectivity index (χ4v) is 8.95. The van der Waals surface area contributed by atoms with Crippen LogP contribution in [0.15, 0.2) is 36.4 Å². The van der Waals surface area contributed by atoms with Gasteiger partial charge in [-0.3, -0.25) is 19.2 Å². The van der Waals surface area contributed by atoms with Crippen LogP contribution >= 0.6 is 0 Å². The lowest BCUT2D eigenvalue weighted by molar-refractivity contribution is -0.183. The molecule has 2 aromatic rings. The van der Waals surface area contributed by atoms with Crippen LogP contribution in [0.25, 0.3) is 11.1 Å². The molecular weight excluding hydrogens is 662 g/mol. The maximum absolute atomic E-state index is 14.2. The van der Waals surface area contributed by atoms with E-state index in [1.807, 2.05) is 57.1 Å². The van der Waals surface area contributed by atoms with Gasteiger partial charge in [-0.05, 0) is 79.0 Å². The molecule has 6 rings (SSSR count). The summed E-state index contributed by atoms with van der Waals surface area (Å²) in [6.45, 7) is 12.2. The van der Waals surface area contributed by atoms with Gasteiger partial charge in [0, 0.05) is 48.4 Å². The number of aliphatic hydroxyl groups is 2. The highest BCUT2D eigenvalue weighted by atomic mass is 16.7. The first-order valence-electron chi connectivity index (χ1n) is 18.6. The SMILES string of the molecule is COc1c(CN2O[C@@H](CO)[C@@H]([C@H](C)O)[C@H]2C(=O)N[C@H]2C[C@H]3C[C@H]([C@@H]2C)C3(C)C)cccc1-c1cc(C(=O)N[C@@H](CC(C)C)C(N)=O)cc(N(C)C)c1. The van der Waals surface area contributed by atoms with Gasteiger partial charge in [-0.15, -0.1) is 0 Å². The predicted octanol–water partition coefficient (Wildman–Crippen LogP) is 3.72. The Morgan fingerprint density at radius 1 is 1.13 bits per heavy atom. The highest BCUT2D eigenvalue weighted by Crippen LogP contribution is 2.61. The Morgan fingerprint density at radius 3 is 2.40 bits per heavy atom. The van der Waals surface area contributed by atoms with Crippen LogP contribution in [-0.2, 0) is 21.0 Å². The fourth-order valence-electron chi connectivity index (χ4n) is 8.95. The number of nitrogens with two attached hydrogens (primary N) is 1. The monoisotopic (exact) mass is 721 g/mol. The van der Waals surface area contributed by atoms with Crippen LogP contribution in [0, 0.1) is 35.0 Å². The number of aliphatic hydroxyl groups excluding tert-OH is 2. The zero-order valence-corrected chi connectivity index (χ0v) is 32.2. The van der Waals surface area contributed by atoms with Gasteiger partial charge >= 0.3 is 0 Å². The number of carbonyl (C=O) groups is 3. The minimum absolute atomic E-state index is 0.0193. The van der Waals surface area contributed by atoms with Crippen molar-refractivity contribution in [3.63, 3.8) is 0 Å². The molecule has 4 fully saturated rings. The van der Waals surface area contributed by atoms with Crippen molar-refractivity contribution >= 4 is 23.4 Å². The van der Waals surface area contributed by atoms with Crippen molar-refractivity contribution in [2.45, 2.75) is 97.7 Å². The summed E-state index contributed by atoms with van der Waals surface area (Å²) in [4.78, 5) is 48.0. The lowest BCUT2D eigenvalue weighted by Crippen LogP contribution is -2.62. The van der Waals surface area contributed by atoms with Crippen LogP contribution in [-0.4, -0.2) is 91.1 Å². The Labute approximate surface area is 308 Å². The van der Waals surface area contributed by atoms with E-state index in [1.54, 1.807) is 31.2 Å². The number of hydroxylamine groups is 2. The lowest BCUT2D eigenvalue weighted by Gasteiger charge is -2.62. The molecule has 1 saturated heterocycles. The number of primary amides is 1. The number of nitrogens with one attached hydrogen (secondary N) is 2. The number of hydrogen-bond acceptors (Lipinski definition) is 9. The Bertz CT molecular complexity index is 1630. The number of carbonyl (C=O) groups excluding carboxylic acids is 3. The second kappa shape index (κ2) is 15.7. The molecule has 12 heteroatoms. The van der Waals surface area contributed by atoms with E-state index in [0.717, 1.165) is 12.1 Å². The highest BCUT2D eigenvalue weighted by Gasteiger charge is 2.57. The molecule has 12 nitrogen and oxygen atoms in total. The zero-order chi connectivity index (χ0) is 38.2. The number of methoxy groups -OCH3 is 1. The van der Waals surface area contributed by atoms with Crippen molar-refractivity contribution in [1.82, 2.24) is 15.7 Å². The molecular formula is C40H59N5O7. The second-order valence-electron chi connectivity index (χ2n) is 16.5. The van der Waals surface area contributed by atoms with Gasteiger partial charge in [0.15, 0.2) is 0 Å². The summed E-state index contributed by atoms with van der Waals surface area (Å²) in [5.41, 5.74) is 9.13. The summed E-state index contributed by atoms with van der Waals surface area (Å²) in [5, 5.41) is 28.9. The molecule has 0 unspecified atom stereocenters. The topological polar surface area (TPSA) is 167 Å². The molecule has 3 amide bonds. The molecule has 0 radical (unpaired) electrons. The summed E-state index contributed by atoms with van der Waals surface area (Å²) in [6, 6.07) is 9.46. The van der Waals surface area contributed by atoms with Crippen LogP contribution in [0.1, 0.15) is 76.7 Å². The first-order chi connectivity index (χ1) is 24.5. The van der Waals surface area contributed by atoms with Crippen molar-refractivity contribution in [2.75, 3.05) is 32.7 Å². The lowest BCUT2D eigenvalue weighted by atomic mass is 9.45. The van der Waals surface area contributed by atoms with Gasteiger partial charge < -0.3 is 36.2 Å². The van der Waals surface area contributed by atoms with E-state index in [2.05, 4.69) is 31.4 Å². The first kappa shape index (κ1) is 39.5. The molecule has 3 saturated carbocycles. The minimum atomic E-state index is -0.921. The van der Waals surface area contributed by atoms with Gasteiger partial charge in [-0.2, -0.15) is 5.06 Å². The standard InChI is InChI=1S/C40H59N5O7/c1-21(2)13-32(37(41)48)43-38(49)26-14-25(15-28(16-26)44(7)8)29-12-10-11-24(36(29)51-9)19-45-35(34(23(4)47)33(20-46)52-45)39(50)42-31-18-27-17-30(22(31)3)40(27,5)6/h10-12,14-16,21-23,27,30-35,46-47H,13,17-20H2,1-9H3,(H2,41,48)(H,42,50)(H,43,49)/t22-,23-,27+,30+,31-,32-,33-,34+,35-/m0/s1. The van der Waals surface area contributed by atoms with Crippen LogP contribution in [0.2, 0.25) is 0 Å². The van der Waals surface area contributed by atoms with Crippen molar-refractivity contribution in [1.29, 1.82) is 0 Å². The van der Waals surface area contributed by atoms with Crippen molar-refractivity contribution < 1.29 is 34.2 Å². The van der Waals surface area contributed by atoms with Gasteiger partial charge in [0.25, 0.3) is 5.91 Å². The van der Waals surface area contributed by atoms with Gasteiger partial charge in [0.1, 0.15) is 23.9 Å². The van der Waals surface area contributed by atoms with Gasteiger partial charge in [0.05, 0.1) is 26.4 Å². The Balaban J connectivity index is 1.46. The van der Waals surface area contributed by atoms with Gasteiger partial charge in [0.2, 0.25) is 11.8 Å². The molecule has 286 valence electrons. The highest BCUT2D eigenvalue weighted by molar-refractivity contribution is 5.99. The molecule has 3 aliphatic carbocycles. The normalized spacial score (nSPS) is 27.7. The van der Waals surface area contributed by atoms with Crippen LogP contribution < -0.4 is 26.0 Å². The number of fused-ring (bicyclic) bond motifs is 2. The number of hydrogen-bond donors (Lipinski definition) is 5. The third kappa shape index (κ3) is 7.81. The Morgan fingerprint density at radius 2 is 1.85 bits per heavy atom. The first-order valence-corrected chi connectivity index (χ1v) is 18.6. The van der Waals surface area contributed by atoms with E-state index < -0.39 is 42.0 Å². The fraction of sp³-hybridized carbons (Fsp3) is 0.625. The molecule has 2 aromatic carbocycles. The Hall–Kier alpha value is -3.71. The van der Waals surface area contributed by atoms with Crippen LogP contribution in [0.4, 0.5) is 5.69 Å². The smallest absolute Gasteiger partial charge is 0.252 e. The number of ether oxygens (including phenoxy) is 1. The van der Waals surface area contributed by atoms with Crippen LogP contribution in [0.3, 0.4) is 0 Å². The molecule has 2 bridgehead atoms. The molecule has 52 heavy (non-hydrogen) atoms. The van der Waals surface area contributed by atoms with E-state index in [9.17, 15) is 24.6 Å². The van der Waals surface area contributed by atoms with E-state index in [-0.39, 0.29) is 36.4 Å². The van der Waals surface area contributed by atoms with E-state index in [0.29, 0.717) is 52.2 Å². The number of benzene rings is 2. The summed E-state index contributed by atoms with van der Waals surface area (Å²) in [6.07, 6.45) is 0.818. The number of anilines is 1. The van der Waals surface area contributed by atoms with Gasteiger partial charge in [-0.1, -0.05) is 52.8 Å². The molecule has 0 spiro atoms. The van der Waals surface area contributed by atoms with Crippen molar-refractivity contribution in [2.24, 2.45) is 40.7 Å². The quantitative estimate of drug-likeness (QED) is 0.196. The molecule has 1 aliphatic heterocycles. The summed E-state index contributed by atoms with van der Waals surface area (Å²) < 4.78 is 6.02. The van der Waals surface area contributed by atoms with Crippen LogP contribution in [0.5, 0.6) is 5.75 Å². The molecule has 4 aliphatic rings. The maximum atomic E-state index is 14.2. The van der Waals surface area contributed by atoms with E-state index in [4.69, 9.17) is 15.3 Å².